The summed E-state index contributed by atoms with van der Waals surface area (Å²) in [4.78, 5) is 35.1. The number of likely N-dealkylation sites (tertiary alicyclic amines) is 1. The minimum atomic E-state index is -0.529. The van der Waals surface area contributed by atoms with Gasteiger partial charge in [-0.1, -0.05) is 6.07 Å². The Balaban J connectivity index is 1.38. The first-order chi connectivity index (χ1) is 12.6. The van der Waals surface area contributed by atoms with Crippen molar-refractivity contribution < 1.29 is 9.59 Å². The average molecular weight is 373 g/mol. The van der Waals surface area contributed by atoms with Gasteiger partial charge < -0.3 is 20.5 Å². The number of aromatic nitrogens is 2. The molecule has 0 saturated carbocycles. The number of H-pyrrole nitrogens is 1. The van der Waals surface area contributed by atoms with Crippen LogP contribution >= 0.6 is 11.3 Å². The molecule has 1 unspecified atom stereocenters. The number of nitrogens with one attached hydrogen (secondary N) is 3. The maximum atomic E-state index is 12.7. The predicted molar refractivity (Wildman–Crippen MR) is 99.0 cm³/mol. The third-order valence-corrected chi connectivity index (χ3v) is 6.27. The molecule has 2 aromatic heterocycles. The molecular weight excluding hydrogens is 350 g/mol. The highest BCUT2D eigenvalue weighted by Crippen LogP contribution is 2.35. The highest BCUT2D eigenvalue weighted by Gasteiger charge is 2.42. The van der Waals surface area contributed by atoms with Crippen LogP contribution in [0.25, 0.3) is 0 Å². The van der Waals surface area contributed by atoms with Crippen LogP contribution in [-0.2, 0) is 16.8 Å². The molecule has 2 aliphatic rings. The van der Waals surface area contributed by atoms with Gasteiger partial charge in [0.2, 0.25) is 5.91 Å². The van der Waals surface area contributed by atoms with Gasteiger partial charge in [0.25, 0.3) is 5.91 Å². The fraction of sp³-hybridized carbons (Fsp3) is 0.500. The second kappa shape index (κ2) is 6.85. The second-order valence-electron chi connectivity index (χ2n) is 6.99. The molecule has 0 radical (unpaired) electrons. The average Bonchev–Trinajstić information content (AvgIpc) is 3.34. The topological polar surface area (TPSA) is 90.1 Å². The van der Waals surface area contributed by atoms with Crippen LogP contribution in [-0.4, -0.2) is 52.4 Å². The molecule has 26 heavy (non-hydrogen) atoms. The fourth-order valence-corrected chi connectivity index (χ4v) is 4.59. The first kappa shape index (κ1) is 17.2. The fourth-order valence-electron chi connectivity index (χ4n) is 3.97. The van der Waals surface area contributed by atoms with Crippen LogP contribution in [0.2, 0.25) is 0 Å². The summed E-state index contributed by atoms with van der Waals surface area (Å²) in [5.74, 6) is -0.216. The lowest BCUT2D eigenvalue weighted by molar-refractivity contribution is -0.134. The Morgan fingerprint density at radius 2 is 2.19 bits per heavy atom. The number of carbonyl (C=O) groups excluding carboxylic acids is 2. The monoisotopic (exact) mass is 373 g/mol. The van der Waals surface area contributed by atoms with Gasteiger partial charge in [-0.2, -0.15) is 0 Å². The molecule has 1 fully saturated rings. The summed E-state index contributed by atoms with van der Waals surface area (Å²) in [5, 5.41) is 8.29. The first-order valence-corrected chi connectivity index (χ1v) is 9.88. The summed E-state index contributed by atoms with van der Waals surface area (Å²) in [6, 6.07) is 3.06. The first-order valence-electron chi connectivity index (χ1n) is 9.00. The summed E-state index contributed by atoms with van der Waals surface area (Å²) in [5.41, 5.74) is 2.18. The Bertz CT molecular complexity index is 792. The maximum Gasteiger partial charge on any atom is 0.261 e. The number of hydrogen-bond acceptors (Lipinski definition) is 5. The Labute approximate surface area is 156 Å². The number of fused-ring (bicyclic) bond motifs is 2. The summed E-state index contributed by atoms with van der Waals surface area (Å²) < 4.78 is 0. The normalized spacial score (nSPS) is 19.8. The molecule has 3 N–H and O–H groups in total. The minimum absolute atomic E-state index is 0.0252. The number of thiophene rings is 1. The SMILES string of the molecule is CC(NC(=O)c1cccs1)C(=O)N1CCC2(CC1)NCCc1[nH]cnc12. The molecule has 1 saturated heterocycles. The molecule has 2 amide bonds. The van der Waals surface area contributed by atoms with Crippen LogP contribution < -0.4 is 10.6 Å². The summed E-state index contributed by atoms with van der Waals surface area (Å²) in [6.07, 6.45) is 4.40. The molecule has 7 nitrogen and oxygen atoms in total. The number of rotatable bonds is 3. The number of piperidine rings is 1. The van der Waals surface area contributed by atoms with E-state index in [1.165, 1.54) is 17.0 Å². The van der Waals surface area contributed by atoms with Crippen molar-refractivity contribution >= 4 is 23.2 Å². The lowest BCUT2D eigenvalue weighted by atomic mass is 9.80. The van der Waals surface area contributed by atoms with Crippen molar-refractivity contribution in [2.45, 2.75) is 37.8 Å². The van der Waals surface area contributed by atoms with Crippen molar-refractivity contribution in [1.29, 1.82) is 0 Å². The van der Waals surface area contributed by atoms with Gasteiger partial charge in [-0.25, -0.2) is 4.98 Å². The number of imidazole rings is 1. The second-order valence-corrected chi connectivity index (χ2v) is 7.93. The smallest absolute Gasteiger partial charge is 0.261 e. The molecule has 2 aromatic rings. The van der Waals surface area contributed by atoms with E-state index in [0.29, 0.717) is 18.0 Å². The van der Waals surface area contributed by atoms with Crippen molar-refractivity contribution in [3.8, 4) is 0 Å². The van der Waals surface area contributed by atoms with E-state index in [0.717, 1.165) is 31.5 Å². The molecule has 4 heterocycles. The zero-order valence-electron chi connectivity index (χ0n) is 14.7. The lowest BCUT2D eigenvalue weighted by Crippen LogP contribution is -2.57. The molecule has 1 atom stereocenters. The van der Waals surface area contributed by atoms with E-state index in [4.69, 9.17) is 0 Å². The predicted octanol–water partition coefficient (Wildman–Crippen LogP) is 1.25. The minimum Gasteiger partial charge on any atom is -0.348 e. The van der Waals surface area contributed by atoms with Gasteiger partial charge in [0, 0.05) is 31.7 Å². The third-order valence-electron chi connectivity index (χ3n) is 5.40. The van der Waals surface area contributed by atoms with Crippen LogP contribution in [0.3, 0.4) is 0 Å². The number of amides is 2. The zero-order chi connectivity index (χ0) is 18.1. The summed E-state index contributed by atoms with van der Waals surface area (Å²) in [7, 11) is 0. The molecule has 0 bridgehead atoms. The van der Waals surface area contributed by atoms with Crippen molar-refractivity contribution in [2.24, 2.45) is 0 Å². The standard InChI is InChI=1S/C18H23N5O2S/c1-12(22-16(24)14-3-2-10-26-14)17(25)23-8-5-18(6-9-23)15-13(4-7-21-18)19-11-20-15/h2-3,10-12,21H,4-9H2,1H3,(H,19,20)(H,22,24). The molecule has 4 rings (SSSR count). The van der Waals surface area contributed by atoms with Crippen LogP contribution in [0.4, 0.5) is 0 Å². The molecule has 138 valence electrons. The van der Waals surface area contributed by atoms with Gasteiger partial charge in [0.05, 0.1) is 22.4 Å². The van der Waals surface area contributed by atoms with Gasteiger partial charge in [-0.3, -0.25) is 9.59 Å². The van der Waals surface area contributed by atoms with Crippen molar-refractivity contribution in [3.05, 3.63) is 40.1 Å². The van der Waals surface area contributed by atoms with E-state index in [-0.39, 0.29) is 17.4 Å². The lowest BCUT2D eigenvalue weighted by Gasteiger charge is -2.44. The van der Waals surface area contributed by atoms with E-state index in [1.807, 2.05) is 16.3 Å². The Morgan fingerprint density at radius 1 is 1.38 bits per heavy atom. The van der Waals surface area contributed by atoms with Gasteiger partial charge in [-0.05, 0) is 31.2 Å². The molecule has 0 aromatic carbocycles. The molecule has 2 aliphatic heterocycles. The number of nitrogens with zero attached hydrogens (tertiary/aromatic N) is 2. The maximum absolute atomic E-state index is 12.7. The Morgan fingerprint density at radius 3 is 2.92 bits per heavy atom. The van der Waals surface area contributed by atoms with Crippen molar-refractivity contribution in [3.63, 3.8) is 0 Å². The number of carbonyl (C=O) groups is 2. The van der Waals surface area contributed by atoms with E-state index in [1.54, 1.807) is 19.3 Å². The highest BCUT2D eigenvalue weighted by atomic mass is 32.1. The third kappa shape index (κ3) is 3.03. The molecular formula is C18H23N5O2S. The van der Waals surface area contributed by atoms with Crippen LogP contribution in [0.1, 0.15) is 40.8 Å². The van der Waals surface area contributed by atoms with Crippen LogP contribution in [0, 0.1) is 0 Å². The highest BCUT2D eigenvalue weighted by molar-refractivity contribution is 7.12. The molecule has 1 spiro atoms. The summed E-state index contributed by atoms with van der Waals surface area (Å²) >= 11 is 1.37. The van der Waals surface area contributed by atoms with Crippen LogP contribution in [0.15, 0.2) is 23.8 Å². The zero-order valence-corrected chi connectivity index (χ0v) is 15.6. The largest absolute Gasteiger partial charge is 0.348 e. The Hall–Kier alpha value is -2.19. The quantitative estimate of drug-likeness (QED) is 0.755. The van der Waals surface area contributed by atoms with E-state index < -0.39 is 6.04 Å². The van der Waals surface area contributed by atoms with E-state index in [2.05, 4.69) is 20.6 Å². The van der Waals surface area contributed by atoms with E-state index >= 15 is 0 Å². The molecule has 0 aliphatic carbocycles. The van der Waals surface area contributed by atoms with Gasteiger partial charge >= 0.3 is 0 Å². The van der Waals surface area contributed by atoms with Crippen molar-refractivity contribution in [2.75, 3.05) is 19.6 Å². The number of aromatic amines is 1. The van der Waals surface area contributed by atoms with E-state index in [9.17, 15) is 9.59 Å². The van der Waals surface area contributed by atoms with Gasteiger partial charge in [0.15, 0.2) is 0 Å². The molecule has 8 heteroatoms. The number of hydrogen-bond donors (Lipinski definition) is 3. The van der Waals surface area contributed by atoms with Gasteiger partial charge in [0.1, 0.15) is 6.04 Å². The van der Waals surface area contributed by atoms with Gasteiger partial charge in [-0.15, -0.1) is 11.3 Å². The van der Waals surface area contributed by atoms with Crippen LogP contribution in [0.5, 0.6) is 0 Å². The summed E-state index contributed by atoms with van der Waals surface area (Å²) in [6.45, 7) is 4.01. The Kier molecular flexibility index (Phi) is 4.54. The van der Waals surface area contributed by atoms with Crippen molar-refractivity contribution in [1.82, 2.24) is 25.5 Å².